The molecule has 15 heavy (non-hydrogen) atoms. The van der Waals surface area contributed by atoms with E-state index in [4.69, 9.17) is 5.73 Å². The number of hydrogen-bond acceptors (Lipinski definition) is 3. The Hall–Kier alpha value is -0.810. The van der Waals surface area contributed by atoms with Crippen LogP contribution >= 0.6 is 0 Å². The van der Waals surface area contributed by atoms with Crippen molar-refractivity contribution in [3.05, 3.63) is 0 Å². The molecule has 86 valence electrons. The second-order valence-corrected chi connectivity index (χ2v) is 4.49. The summed E-state index contributed by atoms with van der Waals surface area (Å²) in [6.07, 6.45) is 2.64. The van der Waals surface area contributed by atoms with Crippen molar-refractivity contribution in [3.8, 4) is 0 Å². The normalized spacial score (nSPS) is 34.0. The van der Waals surface area contributed by atoms with Gasteiger partial charge < -0.3 is 21.3 Å². The molecule has 3 rings (SSSR count). The summed E-state index contributed by atoms with van der Waals surface area (Å²) in [5.41, 5.74) is 4.99. The highest BCUT2D eigenvalue weighted by molar-refractivity contribution is 5.71. The molecular formula is C10H20N4O. The molecule has 3 saturated heterocycles. The molecule has 1 atom stereocenters. The second kappa shape index (κ2) is 4.81. The molecule has 3 aliphatic rings. The van der Waals surface area contributed by atoms with Gasteiger partial charge in [-0.1, -0.05) is 0 Å². The number of nitrogens with two attached hydrogens (primary N) is 1. The van der Waals surface area contributed by atoms with Crippen molar-refractivity contribution in [1.29, 1.82) is 0 Å². The van der Waals surface area contributed by atoms with Crippen LogP contribution in [0.25, 0.3) is 0 Å². The largest absolute Gasteiger partial charge is 0.352 e. The lowest BCUT2D eigenvalue weighted by atomic mass is 9.84. The van der Waals surface area contributed by atoms with Gasteiger partial charge in [-0.15, -0.1) is 0 Å². The third-order valence-corrected chi connectivity index (χ3v) is 3.49. The molecule has 5 nitrogen and oxygen atoms in total. The van der Waals surface area contributed by atoms with Crippen LogP contribution < -0.4 is 16.4 Å². The molecule has 4 N–H and O–H groups in total. The molecule has 3 heterocycles. The lowest BCUT2D eigenvalue weighted by Crippen LogP contribution is -2.56. The minimum Gasteiger partial charge on any atom is -0.352 e. The van der Waals surface area contributed by atoms with E-state index < -0.39 is 6.03 Å². The average molecular weight is 212 g/mol. The number of hydrogen-bond donors (Lipinski definition) is 3. The van der Waals surface area contributed by atoms with Gasteiger partial charge >= 0.3 is 6.03 Å². The molecule has 0 aromatic heterocycles. The molecule has 2 bridgehead atoms. The van der Waals surface area contributed by atoms with Gasteiger partial charge in [0.15, 0.2) is 0 Å². The summed E-state index contributed by atoms with van der Waals surface area (Å²) in [7, 11) is 0. The zero-order chi connectivity index (χ0) is 10.7. The zero-order valence-electron chi connectivity index (χ0n) is 9.04. The van der Waals surface area contributed by atoms with E-state index >= 15 is 0 Å². The standard InChI is InChI=1S/C10H20N4O/c11-10(15)13-4-3-12-9-7-14-5-1-8(9)2-6-14/h8-9,12H,1-7H2,(H3,11,13,15). The smallest absolute Gasteiger partial charge is 0.312 e. The molecule has 0 radical (unpaired) electrons. The highest BCUT2D eigenvalue weighted by Crippen LogP contribution is 2.27. The van der Waals surface area contributed by atoms with Gasteiger partial charge in [0.1, 0.15) is 0 Å². The van der Waals surface area contributed by atoms with Crippen LogP contribution in [-0.4, -0.2) is 49.7 Å². The fraction of sp³-hybridized carbons (Fsp3) is 0.900. The quantitative estimate of drug-likeness (QED) is 0.542. The van der Waals surface area contributed by atoms with Crippen molar-refractivity contribution < 1.29 is 4.79 Å². The Morgan fingerprint density at radius 2 is 2.07 bits per heavy atom. The van der Waals surface area contributed by atoms with Crippen LogP contribution in [0.4, 0.5) is 4.79 Å². The lowest BCUT2D eigenvalue weighted by Gasteiger charge is -2.45. The molecule has 3 aliphatic heterocycles. The van der Waals surface area contributed by atoms with Crippen LogP contribution in [0.1, 0.15) is 12.8 Å². The molecule has 1 unspecified atom stereocenters. The van der Waals surface area contributed by atoms with Gasteiger partial charge in [-0.25, -0.2) is 4.79 Å². The molecule has 2 amide bonds. The number of nitrogens with zero attached hydrogens (tertiary/aromatic N) is 1. The summed E-state index contributed by atoms with van der Waals surface area (Å²) in [6, 6.07) is 0.174. The topological polar surface area (TPSA) is 70.4 Å². The summed E-state index contributed by atoms with van der Waals surface area (Å²) in [6.45, 7) is 5.14. The molecule has 0 saturated carbocycles. The fourth-order valence-corrected chi connectivity index (χ4v) is 2.64. The van der Waals surface area contributed by atoms with E-state index in [2.05, 4.69) is 15.5 Å². The molecule has 0 aromatic carbocycles. The minimum atomic E-state index is -0.439. The van der Waals surface area contributed by atoms with Crippen LogP contribution in [0.5, 0.6) is 0 Å². The van der Waals surface area contributed by atoms with E-state index in [0.717, 1.165) is 12.5 Å². The van der Waals surface area contributed by atoms with Crippen LogP contribution in [0, 0.1) is 5.92 Å². The Morgan fingerprint density at radius 3 is 2.60 bits per heavy atom. The van der Waals surface area contributed by atoms with Crippen molar-refractivity contribution >= 4 is 6.03 Å². The van der Waals surface area contributed by atoms with E-state index in [-0.39, 0.29) is 0 Å². The van der Waals surface area contributed by atoms with Gasteiger partial charge in [-0.3, -0.25) is 0 Å². The molecule has 5 heteroatoms. The first-order valence-corrected chi connectivity index (χ1v) is 5.75. The van der Waals surface area contributed by atoms with Gasteiger partial charge in [0.2, 0.25) is 0 Å². The third kappa shape index (κ3) is 2.82. The third-order valence-electron chi connectivity index (χ3n) is 3.49. The first-order chi connectivity index (χ1) is 7.25. The van der Waals surface area contributed by atoms with Gasteiger partial charge in [-0.2, -0.15) is 0 Å². The minimum absolute atomic E-state index is 0.439. The number of amides is 2. The summed E-state index contributed by atoms with van der Waals surface area (Å²) in [5.74, 6) is 0.837. The second-order valence-electron chi connectivity index (χ2n) is 4.49. The zero-order valence-corrected chi connectivity index (χ0v) is 9.04. The van der Waals surface area contributed by atoms with E-state index in [1.165, 1.54) is 32.5 Å². The Morgan fingerprint density at radius 1 is 1.33 bits per heavy atom. The monoisotopic (exact) mass is 212 g/mol. The van der Waals surface area contributed by atoms with Crippen LogP contribution in [0.15, 0.2) is 0 Å². The van der Waals surface area contributed by atoms with Crippen molar-refractivity contribution in [2.75, 3.05) is 32.7 Å². The number of fused-ring (bicyclic) bond motifs is 3. The van der Waals surface area contributed by atoms with E-state index in [1.54, 1.807) is 0 Å². The number of carbonyl (C=O) groups is 1. The van der Waals surface area contributed by atoms with Gasteiger partial charge in [-0.05, 0) is 31.8 Å². The summed E-state index contributed by atoms with van der Waals surface area (Å²) < 4.78 is 0. The number of rotatable bonds is 4. The van der Waals surface area contributed by atoms with Crippen molar-refractivity contribution in [3.63, 3.8) is 0 Å². The Kier molecular flexibility index (Phi) is 3.43. The first kappa shape index (κ1) is 10.7. The number of primary amides is 1. The lowest BCUT2D eigenvalue weighted by molar-refractivity contribution is 0.0732. The van der Waals surface area contributed by atoms with E-state index in [0.29, 0.717) is 12.6 Å². The maximum Gasteiger partial charge on any atom is 0.312 e. The number of piperidine rings is 3. The Labute approximate surface area is 90.4 Å². The molecule has 0 aromatic rings. The Bertz CT molecular complexity index is 225. The average Bonchev–Trinajstić information content (AvgIpc) is 2.26. The van der Waals surface area contributed by atoms with Crippen LogP contribution in [0.3, 0.4) is 0 Å². The van der Waals surface area contributed by atoms with Crippen molar-refractivity contribution in [2.24, 2.45) is 11.7 Å². The van der Waals surface area contributed by atoms with Gasteiger partial charge in [0, 0.05) is 25.7 Å². The fourth-order valence-electron chi connectivity index (χ4n) is 2.64. The van der Waals surface area contributed by atoms with Crippen molar-refractivity contribution in [2.45, 2.75) is 18.9 Å². The summed E-state index contributed by atoms with van der Waals surface area (Å²) in [4.78, 5) is 13.0. The van der Waals surface area contributed by atoms with Gasteiger partial charge in [0.05, 0.1) is 0 Å². The summed E-state index contributed by atoms with van der Waals surface area (Å²) in [5, 5.41) is 6.09. The number of nitrogens with one attached hydrogen (secondary N) is 2. The molecular weight excluding hydrogens is 192 g/mol. The maximum atomic E-state index is 10.5. The van der Waals surface area contributed by atoms with Gasteiger partial charge in [0.25, 0.3) is 0 Å². The number of carbonyl (C=O) groups excluding carboxylic acids is 1. The predicted octanol–water partition coefficient (Wildman–Crippen LogP) is -0.661. The maximum absolute atomic E-state index is 10.5. The highest BCUT2D eigenvalue weighted by Gasteiger charge is 2.33. The molecule has 0 aliphatic carbocycles. The molecule has 0 spiro atoms. The van der Waals surface area contributed by atoms with Crippen molar-refractivity contribution in [1.82, 2.24) is 15.5 Å². The van der Waals surface area contributed by atoms with Crippen LogP contribution in [0.2, 0.25) is 0 Å². The SMILES string of the molecule is NC(=O)NCCNC1CN2CCC1CC2. The Balaban J connectivity index is 1.65. The number of urea groups is 1. The predicted molar refractivity (Wildman–Crippen MR) is 58.5 cm³/mol. The van der Waals surface area contributed by atoms with E-state index in [1.807, 2.05) is 0 Å². The highest BCUT2D eigenvalue weighted by atomic mass is 16.2. The first-order valence-electron chi connectivity index (χ1n) is 5.75. The summed E-state index contributed by atoms with van der Waals surface area (Å²) >= 11 is 0. The van der Waals surface area contributed by atoms with Crippen LogP contribution in [-0.2, 0) is 0 Å². The molecule has 3 fully saturated rings. The van der Waals surface area contributed by atoms with E-state index in [9.17, 15) is 4.79 Å².